The molecule has 0 atom stereocenters. The van der Waals surface area contributed by atoms with Gasteiger partial charge in [0.15, 0.2) is 5.76 Å². The average molecular weight is 365 g/mol. The van der Waals surface area contributed by atoms with E-state index in [2.05, 4.69) is 20.4 Å². The van der Waals surface area contributed by atoms with Crippen molar-refractivity contribution in [2.75, 3.05) is 5.32 Å². The largest absolute Gasteiger partial charge is 0.370 e. The highest BCUT2D eigenvalue weighted by Gasteiger charge is 2.19. The van der Waals surface area contributed by atoms with E-state index in [1.807, 2.05) is 0 Å². The predicted molar refractivity (Wildman–Crippen MR) is 95.4 cm³/mol. The molecule has 0 bridgehead atoms. The molecule has 3 aromatic heterocycles. The summed E-state index contributed by atoms with van der Waals surface area (Å²) in [6.07, 6.45) is 2.73. The molecule has 0 saturated carbocycles. The predicted octanol–water partition coefficient (Wildman–Crippen LogP) is 3.94. The van der Waals surface area contributed by atoms with Crippen LogP contribution in [0.3, 0.4) is 0 Å². The number of aromatic nitrogens is 3. The second kappa shape index (κ2) is 6.79. The Morgan fingerprint density at radius 1 is 1.19 bits per heavy atom. The Morgan fingerprint density at radius 3 is 2.78 bits per heavy atom. The molecule has 0 saturated heterocycles. The van der Waals surface area contributed by atoms with Gasteiger partial charge in [0.2, 0.25) is 0 Å². The first kappa shape index (κ1) is 16.6. The lowest BCUT2D eigenvalue weighted by Gasteiger charge is -2.07. The highest BCUT2D eigenvalue weighted by molar-refractivity contribution is 5.92. The van der Waals surface area contributed by atoms with Crippen molar-refractivity contribution in [1.29, 1.82) is 0 Å². The quantitative estimate of drug-likeness (QED) is 0.421. The minimum atomic E-state index is -0.520. The van der Waals surface area contributed by atoms with Crippen LogP contribution in [0.5, 0.6) is 0 Å². The number of hydrogen-bond acceptors (Lipinski definition) is 7. The van der Waals surface area contributed by atoms with E-state index in [-0.39, 0.29) is 23.7 Å². The molecule has 134 valence electrons. The van der Waals surface area contributed by atoms with E-state index in [1.54, 1.807) is 36.5 Å². The number of hydrogen-bond donors (Lipinski definition) is 1. The molecule has 0 amide bonds. The van der Waals surface area contributed by atoms with Crippen molar-refractivity contribution in [3.63, 3.8) is 0 Å². The number of halogens is 1. The second-order valence-electron chi connectivity index (χ2n) is 5.69. The lowest BCUT2D eigenvalue weighted by molar-refractivity contribution is -0.384. The summed E-state index contributed by atoms with van der Waals surface area (Å²) in [6, 6.07) is 11.0. The fourth-order valence-electron chi connectivity index (χ4n) is 2.65. The number of anilines is 1. The van der Waals surface area contributed by atoms with Crippen molar-refractivity contribution in [2.24, 2.45) is 0 Å². The maximum atomic E-state index is 13.0. The van der Waals surface area contributed by atoms with Gasteiger partial charge in [-0.15, -0.1) is 0 Å². The summed E-state index contributed by atoms with van der Waals surface area (Å²) in [6.45, 7) is 0.157. The first-order valence-electron chi connectivity index (χ1n) is 7.95. The Morgan fingerprint density at radius 2 is 2.00 bits per heavy atom. The molecular formula is C18H12FN5O3. The lowest BCUT2D eigenvalue weighted by atomic mass is 10.1. The Labute approximate surface area is 151 Å². The highest BCUT2D eigenvalue weighted by atomic mass is 19.1. The van der Waals surface area contributed by atoms with Crippen LogP contribution in [0, 0.1) is 15.9 Å². The zero-order valence-electron chi connectivity index (χ0n) is 13.8. The third-order valence-electron chi connectivity index (χ3n) is 3.94. The second-order valence-corrected chi connectivity index (χ2v) is 5.69. The van der Waals surface area contributed by atoms with Gasteiger partial charge in [0, 0.05) is 17.8 Å². The van der Waals surface area contributed by atoms with E-state index < -0.39 is 4.92 Å². The van der Waals surface area contributed by atoms with Crippen molar-refractivity contribution in [1.82, 2.24) is 15.1 Å². The topological polar surface area (TPSA) is 107 Å². The van der Waals surface area contributed by atoms with Crippen molar-refractivity contribution in [3.05, 3.63) is 76.6 Å². The summed E-state index contributed by atoms with van der Waals surface area (Å²) in [5.41, 5.74) is 2.25. The first-order valence-corrected chi connectivity index (χ1v) is 7.95. The van der Waals surface area contributed by atoms with Gasteiger partial charge in [0.05, 0.1) is 17.0 Å². The first-order chi connectivity index (χ1) is 13.1. The standard InChI is InChI=1S/C18H12FN5O3/c19-12-5-3-11(4-6-12)15-8-13(27-23-15)9-22-18-16(24(25)26)10-21-14-2-1-7-20-17(14)18/h1-8,10H,9H2,(H,21,22). The monoisotopic (exact) mass is 365 g/mol. The summed E-state index contributed by atoms with van der Waals surface area (Å²) in [5, 5.41) is 18.3. The summed E-state index contributed by atoms with van der Waals surface area (Å²) < 4.78 is 18.3. The van der Waals surface area contributed by atoms with Crippen LogP contribution < -0.4 is 5.32 Å². The van der Waals surface area contributed by atoms with Gasteiger partial charge in [-0.1, -0.05) is 5.16 Å². The van der Waals surface area contributed by atoms with Crippen molar-refractivity contribution < 1.29 is 13.8 Å². The highest BCUT2D eigenvalue weighted by Crippen LogP contribution is 2.30. The van der Waals surface area contributed by atoms with E-state index in [0.717, 1.165) is 0 Å². The Balaban J connectivity index is 1.61. The van der Waals surface area contributed by atoms with Gasteiger partial charge in [0.25, 0.3) is 0 Å². The van der Waals surface area contributed by atoms with Crippen LogP contribution in [0.4, 0.5) is 15.8 Å². The fourth-order valence-corrected chi connectivity index (χ4v) is 2.65. The summed E-state index contributed by atoms with van der Waals surface area (Å²) in [7, 11) is 0. The molecule has 0 fully saturated rings. The molecule has 0 aliphatic carbocycles. The van der Waals surface area contributed by atoms with Gasteiger partial charge in [-0.3, -0.25) is 15.1 Å². The minimum absolute atomic E-state index is 0.157. The molecule has 8 nitrogen and oxygen atoms in total. The fraction of sp³-hybridized carbons (Fsp3) is 0.0556. The number of fused-ring (bicyclic) bond motifs is 1. The van der Waals surface area contributed by atoms with Crippen molar-refractivity contribution >= 4 is 22.4 Å². The van der Waals surface area contributed by atoms with E-state index in [0.29, 0.717) is 28.1 Å². The van der Waals surface area contributed by atoms with Crippen LogP contribution in [-0.2, 0) is 6.54 Å². The Kier molecular flexibility index (Phi) is 4.17. The van der Waals surface area contributed by atoms with Gasteiger partial charge in [-0.2, -0.15) is 0 Å². The number of nitrogens with one attached hydrogen (secondary N) is 1. The number of benzene rings is 1. The molecule has 9 heteroatoms. The third kappa shape index (κ3) is 3.30. The van der Waals surface area contributed by atoms with Gasteiger partial charge in [-0.25, -0.2) is 9.37 Å². The normalized spacial score (nSPS) is 10.9. The molecule has 0 spiro atoms. The average Bonchev–Trinajstić information content (AvgIpc) is 3.15. The molecule has 1 N–H and O–H groups in total. The molecule has 0 radical (unpaired) electrons. The lowest BCUT2D eigenvalue weighted by Crippen LogP contribution is -2.04. The molecule has 27 heavy (non-hydrogen) atoms. The molecule has 4 rings (SSSR count). The number of rotatable bonds is 5. The SMILES string of the molecule is O=[N+]([O-])c1cnc2cccnc2c1NCc1cc(-c2ccc(F)cc2)no1. The van der Waals surface area contributed by atoms with Gasteiger partial charge >= 0.3 is 5.69 Å². The smallest absolute Gasteiger partial charge is 0.312 e. The molecule has 0 aliphatic heterocycles. The molecule has 1 aromatic carbocycles. The number of nitro groups is 1. The number of nitrogens with zero attached hydrogens (tertiary/aromatic N) is 4. The van der Waals surface area contributed by atoms with Crippen LogP contribution in [0.2, 0.25) is 0 Å². The molecule has 3 heterocycles. The zero-order chi connectivity index (χ0) is 18.8. The van der Waals surface area contributed by atoms with Crippen LogP contribution in [0.1, 0.15) is 5.76 Å². The van der Waals surface area contributed by atoms with Gasteiger partial charge in [-0.05, 0) is 36.4 Å². The summed E-state index contributed by atoms with van der Waals surface area (Å²) in [4.78, 5) is 19.0. The van der Waals surface area contributed by atoms with E-state index >= 15 is 0 Å². The van der Waals surface area contributed by atoms with Crippen molar-refractivity contribution in [2.45, 2.75) is 6.54 Å². The molecule has 0 aliphatic rings. The maximum absolute atomic E-state index is 13.0. The molecule has 4 aromatic rings. The van der Waals surface area contributed by atoms with E-state index in [4.69, 9.17) is 4.52 Å². The van der Waals surface area contributed by atoms with E-state index in [9.17, 15) is 14.5 Å². The zero-order valence-corrected chi connectivity index (χ0v) is 13.8. The van der Waals surface area contributed by atoms with E-state index in [1.165, 1.54) is 18.3 Å². The molecule has 0 unspecified atom stereocenters. The number of pyridine rings is 2. The summed E-state index contributed by atoms with van der Waals surface area (Å²) in [5.74, 6) is 0.123. The van der Waals surface area contributed by atoms with Crippen LogP contribution in [0.15, 0.2) is 59.4 Å². The van der Waals surface area contributed by atoms with Gasteiger partial charge in [0.1, 0.15) is 28.9 Å². The van der Waals surface area contributed by atoms with Crippen LogP contribution >= 0.6 is 0 Å². The van der Waals surface area contributed by atoms with Crippen LogP contribution in [0.25, 0.3) is 22.3 Å². The molecular weight excluding hydrogens is 353 g/mol. The van der Waals surface area contributed by atoms with Gasteiger partial charge < -0.3 is 9.84 Å². The maximum Gasteiger partial charge on any atom is 0.312 e. The van der Waals surface area contributed by atoms with Crippen molar-refractivity contribution in [3.8, 4) is 11.3 Å². The minimum Gasteiger partial charge on any atom is -0.370 e. The Bertz CT molecular complexity index is 1130. The summed E-state index contributed by atoms with van der Waals surface area (Å²) >= 11 is 0. The Hall–Kier alpha value is -3.88. The third-order valence-corrected chi connectivity index (χ3v) is 3.94. The van der Waals surface area contributed by atoms with Crippen LogP contribution in [-0.4, -0.2) is 20.0 Å².